The first-order chi connectivity index (χ1) is 6.02. The third kappa shape index (κ3) is 1.84. The highest BCUT2D eigenvalue weighted by Gasteiger charge is 2.35. The van der Waals surface area contributed by atoms with Crippen LogP contribution >= 0.6 is 15.9 Å². The summed E-state index contributed by atoms with van der Waals surface area (Å²) in [5, 5.41) is 9.87. The molecule has 0 fully saturated rings. The Labute approximate surface area is 85.2 Å². The van der Waals surface area contributed by atoms with Gasteiger partial charge in [-0.25, -0.2) is 0 Å². The van der Waals surface area contributed by atoms with E-state index in [0.717, 1.165) is 0 Å². The molecular formula is C9H11BrO3. The van der Waals surface area contributed by atoms with E-state index in [1.54, 1.807) is 13.0 Å². The Morgan fingerprint density at radius 1 is 1.77 bits per heavy atom. The molecule has 0 saturated heterocycles. The number of methoxy groups -OCH3 is 1. The molecule has 2 unspecified atom stereocenters. The lowest BCUT2D eigenvalue weighted by atomic mass is 9.88. The second-order valence-corrected chi connectivity index (χ2v) is 4.03. The monoisotopic (exact) mass is 246 g/mol. The zero-order valence-corrected chi connectivity index (χ0v) is 9.04. The quantitative estimate of drug-likeness (QED) is 0.588. The van der Waals surface area contributed by atoms with E-state index in [9.17, 15) is 9.90 Å². The van der Waals surface area contributed by atoms with E-state index in [4.69, 9.17) is 4.74 Å². The Bertz CT molecular complexity index is 279. The minimum Gasteiger partial charge on any atom is -0.497 e. The molecule has 0 spiro atoms. The summed E-state index contributed by atoms with van der Waals surface area (Å²) < 4.78 is 4.97. The normalized spacial score (nSPS) is 33.4. The lowest BCUT2D eigenvalue weighted by Crippen LogP contribution is -2.39. The maximum atomic E-state index is 10.7. The van der Waals surface area contributed by atoms with Crippen LogP contribution < -0.4 is 0 Å². The Hall–Kier alpha value is -0.610. The van der Waals surface area contributed by atoms with Gasteiger partial charge in [0.15, 0.2) is 0 Å². The van der Waals surface area contributed by atoms with Gasteiger partial charge < -0.3 is 9.84 Å². The number of hydrogen-bond acceptors (Lipinski definition) is 3. The van der Waals surface area contributed by atoms with Gasteiger partial charge in [-0.3, -0.25) is 4.79 Å². The molecular weight excluding hydrogens is 236 g/mol. The molecule has 4 heteroatoms. The highest BCUT2D eigenvalue weighted by molar-refractivity contribution is 9.09. The van der Waals surface area contributed by atoms with Gasteiger partial charge in [-0.2, -0.15) is 0 Å². The van der Waals surface area contributed by atoms with Gasteiger partial charge in [-0.15, -0.1) is 0 Å². The first-order valence-corrected chi connectivity index (χ1v) is 4.73. The maximum Gasteiger partial charge on any atom is 0.149 e. The number of allylic oxidation sites excluding steroid dienone is 1. The Balaban J connectivity index is 3.07. The molecule has 0 aliphatic heterocycles. The van der Waals surface area contributed by atoms with Crippen LogP contribution in [0.3, 0.4) is 0 Å². The van der Waals surface area contributed by atoms with Crippen LogP contribution in [0.1, 0.15) is 6.92 Å². The lowest BCUT2D eigenvalue weighted by molar-refractivity contribution is -0.106. The summed E-state index contributed by atoms with van der Waals surface area (Å²) in [6.45, 7) is 1.58. The second kappa shape index (κ2) is 3.64. The first kappa shape index (κ1) is 10.5. The largest absolute Gasteiger partial charge is 0.497 e. The zero-order chi connectivity index (χ0) is 10.1. The van der Waals surface area contributed by atoms with E-state index in [1.165, 1.54) is 13.2 Å². The van der Waals surface area contributed by atoms with E-state index in [1.807, 2.05) is 0 Å². The van der Waals surface area contributed by atoms with Crippen LogP contribution in [0.4, 0.5) is 0 Å². The minimum atomic E-state index is -1.16. The van der Waals surface area contributed by atoms with Gasteiger partial charge in [0.1, 0.15) is 17.6 Å². The van der Waals surface area contributed by atoms with Gasteiger partial charge in [-0.05, 0) is 19.1 Å². The second-order valence-electron chi connectivity index (χ2n) is 3.04. The average molecular weight is 247 g/mol. The SMILES string of the molecule is COC1=CC(Br)C(C)(O)C(C=O)=C1. The molecule has 1 rings (SSSR count). The van der Waals surface area contributed by atoms with Gasteiger partial charge in [0.05, 0.1) is 11.9 Å². The molecule has 0 saturated carbocycles. The smallest absolute Gasteiger partial charge is 0.149 e. The molecule has 2 atom stereocenters. The Morgan fingerprint density at radius 3 is 2.85 bits per heavy atom. The molecule has 1 aliphatic carbocycles. The van der Waals surface area contributed by atoms with Crippen LogP contribution in [0.2, 0.25) is 0 Å². The van der Waals surface area contributed by atoms with E-state index in [-0.39, 0.29) is 4.83 Å². The van der Waals surface area contributed by atoms with Gasteiger partial charge in [-0.1, -0.05) is 15.9 Å². The summed E-state index contributed by atoms with van der Waals surface area (Å²) >= 11 is 3.27. The summed E-state index contributed by atoms with van der Waals surface area (Å²) in [5.41, 5.74) is -0.849. The average Bonchev–Trinajstić information content (AvgIpc) is 2.09. The van der Waals surface area contributed by atoms with Crippen LogP contribution in [-0.2, 0) is 9.53 Å². The minimum absolute atomic E-state index is 0.305. The number of carbonyl (C=O) groups is 1. The lowest BCUT2D eigenvalue weighted by Gasteiger charge is -2.30. The van der Waals surface area contributed by atoms with Crippen molar-refractivity contribution in [3.05, 3.63) is 23.5 Å². The van der Waals surface area contributed by atoms with Gasteiger partial charge in [0.2, 0.25) is 0 Å². The van der Waals surface area contributed by atoms with Crippen molar-refractivity contribution in [1.29, 1.82) is 0 Å². The van der Waals surface area contributed by atoms with Crippen molar-refractivity contribution >= 4 is 22.2 Å². The van der Waals surface area contributed by atoms with Crippen LogP contribution in [0, 0.1) is 0 Å². The highest BCUT2D eigenvalue weighted by Crippen LogP contribution is 2.31. The summed E-state index contributed by atoms with van der Waals surface area (Å²) in [5.74, 6) is 0.579. The topological polar surface area (TPSA) is 46.5 Å². The number of ether oxygens (including phenoxy) is 1. The molecule has 0 heterocycles. The summed E-state index contributed by atoms with van der Waals surface area (Å²) in [6, 6.07) is 0. The molecule has 0 radical (unpaired) electrons. The van der Waals surface area contributed by atoms with E-state index in [0.29, 0.717) is 17.6 Å². The Kier molecular flexibility index (Phi) is 2.93. The van der Waals surface area contributed by atoms with E-state index in [2.05, 4.69) is 15.9 Å². The van der Waals surface area contributed by atoms with Crippen LogP contribution in [0.5, 0.6) is 0 Å². The molecule has 0 aromatic heterocycles. The fourth-order valence-electron chi connectivity index (χ4n) is 1.09. The van der Waals surface area contributed by atoms with Gasteiger partial charge in [0.25, 0.3) is 0 Å². The number of alkyl halides is 1. The fraction of sp³-hybridized carbons (Fsp3) is 0.444. The molecule has 72 valence electrons. The number of carbonyl (C=O) groups excluding carboxylic acids is 1. The summed E-state index contributed by atoms with van der Waals surface area (Å²) in [7, 11) is 1.52. The summed E-state index contributed by atoms with van der Waals surface area (Å²) in [4.78, 5) is 10.3. The van der Waals surface area contributed by atoms with Crippen molar-refractivity contribution in [3.8, 4) is 0 Å². The molecule has 0 aromatic rings. The predicted octanol–water partition coefficient (Wildman–Crippen LogP) is 1.17. The Morgan fingerprint density at radius 2 is 2.38 bits per heavy atom. The van der Waals surface area contributed by atoms with E-state index < -0.39 is 5.60 Å². The summed E-state index contributed by atoms with van der Waals surface area (Å²) in [6.07, 6.45) is 3.89. The molecule has 0 amide bonds. The first-order valence-electron chi connectivity index (χ1n) is 3.82. The highest BCUT2D eigenvalue weighted by atomic mass is 79.9. The van der Waals surface area contributed by atoms with Crippen molar-refractivity contribution in [3.63, 3.8) is 0 Å². The van der Waals surface area contributed by atoms with Crippen molar-refractivity contribution in [1.82, 2.24) is 0 Å². The van der Waals surface area contributed by atoms with Crippen molar-refractivity contribution in [2.75, 3.05) is 7.11 Å². The van der Waals surface area contributed by atoms with Crippen LogP contribution in [0.25, 0.3) is 0 Å². The molecule has 1 N–H and O–H groups in total. The third-order valence-electron chi connectivity index (χ3n) is 2.09. The number of aliphatic hydroxyl groups is 1. The molecule has 1 aliphatic rings. The standard InChI is InChI=1S/C9H11BrO3/c1-9(12)6(5-11)3-7(13-2)4-8(9)10/h3-5,8,12H,1-2H3. The van der Waals surface area contributed by atoms with Crippen molar-refractivity contribution in [2.24, 2.45) is 0 Å². The van der Waals surface area contributed by atoms with Crippen molar-refractivity contribution < 1.29 is 14.6 Å². The van der Waals surface area contributed by atoms with Crippen molar-refractivity contribution in [2.45, 2.75) is 17.4 Å². The van der Waals surface area contributed by atoms with Crippen LogP contribution in [0.15, 0.2) is 23.5 Å². The maximum absolute atomic E-state index is 10.7. The fourth-order valence-corrected chi connectivity index (χ4v) is 1.62. The van der Waals surface area contributed by atoms with Gasteiger partial charge >= 0.3 is 0 Å². The molecule has 0 aromatic carbocycles. The third-order valence-corrected chi connectivity index (χ3v) is 3.25. The number of rotatable bonds is 2. The van der Waals surface area contributed by atoms with E-state index >= 15 is 0 Å². The molecule has 0 bridgehead atoms. The predicted molar refractivity (Wildman–Crippen MR) is 52.6 cm³/mol. The number of halogens is 1. The molecule has 13 heavy (non-hydrogen) atoms. The number of hydrogen-bond donors (Lipinski definition) is 1. The van der Waals surface area contributed by atoms with Gasteiger partial charge in [0, 0.05) is 5.57 Å². The zero-order valence-electron chi connectivity index (χ0n) is 7.45. The number of aldehydes is 1. The van der Waals surface area contributed by atoms with Crippen LogP contribution in [-0.4, -0.2) is 28.9 Å². The molecule has 3 nitrogen and oxygen atoms in total.